The Kier molecular flexibility index (Phi) is 2.73. The van der Waals surface area contributed by atoms with E-state index in [9.17, 15) is 24.5 Å². The molecular weight excluding hydrogens is 336 g/mol. The zero-order chi connectivity index (χ0) is 17.9. The molecule has 1 aliphatic rings. The Morgan fingerprint density at radius 2 is 1.88 bits per heavy atom. The van der Waals surface area contributed by atoms with Crippen molar-refractivity contribution in [3.05, 3.63) is 49.8 Å². The molecule has 4 rings (SSSR count). The molecule has 0 radical (unpaired) electrons. The predicted octanol–water partition coefficient (Wildman–Crippen LogP) is -0.252. The standard InChI is InChI=1S/C13H6N6O6/c14-11-8-4(12(21)15-13(8)22)3-7(20)18(11)5-1-2-6(19(23)24)10-9(5)16-25-17-10/h1-3H,14H2,(H,15,21,22). The highest BCUT2D eigenvalue weighted by Gasteiger charge is 2.32. The molecule has 0 fully saturated rings. The summed E-state index contributed by atoms with van der Waals surface area (Å²) in [7, 11) is 0. The molecule has 2 aromatic heterocycles. The second kappa shape index (κ2) is 4.70. The number of nitro groups is 1. The number of pyridine rings is 1. The highest BCUT2D eigenvalue weighted by molar-refractivity contribution is 6.23. The van der Waals surface area contributed by atoms with Crippen LogP contribution in [0.5, 0.6) is 0 Å². The number of nitrogens with one attached hydrogen (secondary N) is 1. The van der Waals surface area contributed by atoms with Crippen LogP contribution in [0.4, 0.5) is 11.5 Å². The van der Waals surface area contributed by atoms with Crippen molar-refractivity contribution in [2.24, 2.45) is 0 Å². The van der Waals surface area contributed by atoms with Gasteiger partial charge >= 0.3 is 5.69 Å². The van der Waals surface area contributed by atoms with E-state index in [1.165, 1.54) is 6.07 Å². The van der Waals surface area contributed by atoms with Gasteiger partial charge in [0.2, 0.25) is 5.52 Å². The molecule has 2 amide bonds. The van der Waals surface area contributed by atoms with Crippen molar-refractivity contribution in [1.29, 1.82) is 0 Å². The lowest BCUT2D eigenvalue weighted by Crippen LogP contribution is -2.24. The third-order valence-corrected chi connectivity index (χ3v) is 3.76. The van der Waals surface area contributed by atoms with E-state index in [-0.39, 0.29) is 39.4 Å². The number of hydrogen-bond donors (Lipinski definition) is 2. The van der Waals surface area contributed by atoms with Gasteiger partial charge in [-0.1, -0.05) is 0 Å². The van der Waals surface area contributed by atoms with E-state index in [1.54, 1.807) is 0 Å². The highest BCUT2D eigenvalue weighted by Crippen LogP contribution is 2.30. The number of carbonyl (C=O) groups excluding carboxylic acids is 2. The number of non-ortho nitro benzene ring substituents is 1. The van der Waals surface area contributed by atoms with Crippen molar-refractivity contribution in [3.63, 3.8) is 0 Å². The van der Waals surface area contributed by atoms with Gasteiger partial charge < -0.3 is 5.73 Å². The summed E-state index contributed by atoms with van der Waals surface area (Å²) in [4.78, 5) is 46.3. The third-order valence-electron chi connectivity index (χ3n) is 3.76. The first kappa shape index (κ1) is 14.5. The van der Waals surface area contributed by atoms with Crippen LogP contribution in [0.2, 0.25) is 0 Å². The van der Waals surface area contributed by atoms with Crippen molar-refractivity contribution >= 4 is 34.4 Å². The first-order chi connectivity index (χ1) is 11.9. The van der Waals surface area contributed by atoms with Crippen LogP contribution in [0.1, 0.15) is 20.7 Å². The second-order valence-electron chi connectivity index (χ2n) is 5.10. The maximum atomic E-state index is 12.4. The van der Waals surface area contributed by atoms with Gasteiger partial charge in [0.1, 0.15) is 5.82 Å². The maximum Gasteiger partial charge on any atom is 0.300 e. The van der Waals surface area contributed by atoms with Gasteiger partial charge in [-0.3, -0.25) is 34.4 Å². The molecule has 3 N–H and O–H groups in total. The number of nitro benzene ring substituents is 1. The number of rotatable bonds is 2. The van der Waals surface area contributed by atoms with E-state index in [2.05, 4.69) is 14.9 Å². The minimum absolute atomic E-state index is 0.0271. The summed E-state index contributed by atoms with van der Waals surface area (Å²) in [5.41, 5.74) is 4.27. The van der Waals surface area contributed by atoms with Crippen molar-refractivity contribution < 1.29 is 19.1 Å². The molecule has 25 heavy (non-hydrogen) atoms. The summed E-state index contributed by atoms with van der Waals surface area (Å²) in [6, 6.07) is 3.28. The molecular formula is C13H6N6O6. The minimum Gasteiger partial charge on any atom is -0.384 e. The van der Waals surface area contributed by atoms with Crippen LogP contribution >= 0.6 is 0 Å². The van der Waals surface area contributed by atoms with Crippen molar-refractivity contribution in [2.45, 2.75) is 0 Å². The molecule has 3 aromatic rings. The average Bonchev–Trinajstić information content (AvgIpc) is 3.12. The largest absolute Gasteiger partial charge is 0.384 e. The number of nitrogen functional groups attached to an aromatic ring is 1. The SMILES string of the molecule is Nc1c2c(cc(=O)n1-c1ccc([N+](=O)[O-])c3nonc13)C(=O)NC2=O. The number of nitrogens with two attached hydrogens (primary N) is 1. The highest BCUT2D eigenvalue weighted by atomic mass is 16.6. The smallest absolute Gasteiger partial charge is 0.300 e. The summed E-state index contributed by atoms with van der Waals surface area (Å²) in [6.45, 7) is 0. The molecule has 1 aromatic carbocycles. The summed E-state index contributed by atoms with van der Waals surface area (Å²) in [6.07, 6.45) is 0. The quantitative estimate of drug-likeness (QED) is 0.361. The van der Waals surface area contributed by atoms with Crippen LogP contribution < -0.4 is 16.6 Å². The molecule has 12 heteroatoms. The van der Waals surface area contributed by atoms with Gasteiger partial charge in [0.15, 0.2) is 5.52 Å². The van der Waals surface area contributed by atoms with Crippen LogP contribution in [-0.2, 0) is 0 Å². The summed E-state index contributed by atoms with van der Waals surface area (Å²) in [5, 5.41) is 20.1. The van der Waals surface area contributed by atoms with Crippen molar-refractivity contribution in [1.82, 2.24) is 20.2 Å². The molecule has 0 aliphatic carbocycles. The van der Waals surface area contributed by atoms with Crippen LogP contribution in [0.25, 0.3) is 16.7 Å². The van der Waals surface area contributed by atoms with Gasteiger partial charge in [0.05, 0.1) is 21.7 Å². The molecule has 0 bridgehead atoms. The lowest BCUT2D eigenvalue weighted by molar-refractivity contribution is -0.383. The number of anilines is 1. The zero-order valence-corrected chi connectivity index (χ0v) is 12.0. The Morgan fingerprint density at radius 3 is 2.60 bits per heavy atom. The first-order valence-corrected chi connectivity index (χ1v) is 6.71. The third kappa shape index (κ3) is 1.84. The van der Waals surface area contributed by atoms with Gasteiger partial charge in [-0.2, -0.15) is 0 Å². The Hall–Kier alpha value is -4.09. The zero-order valence-electron chi connectivity index (χ0n) is 12.0. The van der Waals surface area contributed by atoms with Crippen LogP contribution in [0.15, 0.2) is 27.6 Å². The normalized spacial score (nSPS) is 13.1. The van der Waals surface area contributed by atoms with Gasteiger partial charge in [-0.05, 0) is 16.4 Å². The number of amides is 2. The van der Waals surface area contributed by atoms with Crippen molar-refractivity contribution in [3.8, 4) is 5.69 Å². The number of aromatic nitrogens is 3. The van der Waals surface area contributed by atoms with E-state index >= 15 is 0 Å². The minimum atomic E-state index is -0.748. The van der Waals surface area contributed by atoms with Gasteiger partial charge in [-0.15, -0.1) is 0 Å². The summed E-state index contributed by atoms with van der Waals surface area (Å²) >= 11 is 0. The van der Waals surface area contributed by atoms with Gasteiger partial charge in [0.25, 0.3) is 17.4 Å². The number of imide groups is 1. The number of hydrogen-bond acceptors (Lipinski definition) is 9. The predicted molar refractivity (Wildman–Crippen MR) is 80.3 cm³/mol. The number of benzene rings is 1. The summed E-state index contributed by atoms with van der Waals surface area (Å²) < 4.78 is 5.44. The topological polar surface area (TPSA) is 176 Å². The molecule has 0 atom stereocenters. The number of fused-ring (bicyclic) bond motifs is 2. The Bertz CT molecular complexity index is 1180. The van der Waals surface area contributed by atoms with Crippen LogP contribution in [0.3, 0.4) is 0 Å². The molecule has 0 saturated heterocycles. The lowest BCUT2D eigenvalue weighted by atomic mass is 10.1. The van der Waals surface area contributed by atoms with E-state index in [1.807, 2.05) is 5.32 Å². The van der Waals surface area contributed by atoms with Crippen molar-refractivity contribution in [2.75, 3.05) is 5.73 Å². The Balaban J connectivity index is 2.08. The first-order valence-electron chi connectivity index (χ1n) is 6.71. The number of carbonyl (C=O) groups is 2. The molecule has 0 saturated carbocycles. The molecule has 3 heterocycles. The van der Waals surface area contributed by atoms with E-state index in [0.717, 1.165) is 16.7 Å². The maximum absolute atomic E-state index is 12.4. The van der Waals surface area contributed by atoms with E-state index in [0.29, 0.717) is 0 Å². The Morgan fingerprint density at radius 1 is 1.16 bits per heavy atom. The monoisotopic (exact) mass is 342 g/mol. The van der Waals surface area contributed by atoms with E-state index < -0.39 is 22.3 Å². The lowest BCUT2D eigenvalue weighted by Gasteiger charge is -2.11. The molecule has 0 spiro atoms. The number of nitrogens with zero attached hydrogens (tertiary/aromatic N) is 4. The van der Waals surface area contributed by atoms with Crippen LogP contribution in [0, 0.1) is 10.1 Å². The fraction of sp³-hybridized carbons (Fsp3) is 0. The Labute approximate surface area is 135 Å². The van der Waals surface area contributed by atoms with Gasteiger partial charge in [0, 0.05) is 12.1 Å². The average molecular weight is 342 g/mol. The molecule has 124 valence electrons. The van der Waals surface area contributed by atoms with E-state index in [4.69, 9.17) is 5.73 Å². The fourth-order valence-corrected chi connectivity index (χ4v) is 2.70. The summed E-state index contributed by atoms with van der Waals surface area (Å²) in [5.74, 6) is -1.78. The molecule has 12 nitrogen and oxygen atoms in total. The van der Waals surface area contributed by atoms with Gasteiger partial charge in [-0.25, -0.2) is 4.63 Å². The van der Waals surface area contributed by atoms with Crippen LogP contribution in [-0.4, -0.2) is 31.6 Å². The second-order valence-corrected chi connectivity index (χ2v) is 5.10. The molecule has 1 aliphatic heterocycles. The molecule has 0 unspecified atom stereocenters. The fourth-order valence-electron chi connectivity index (χ4n) is 2.70.